The Morgan fingerprint density at radius 3 is 2.45 bits per heavy atom. The lowest BCUT2D eigenvalue weighted by Crippen LogP contribution is -2.46. The predicted molar refractivity (Wildman–Crippen MR) is 122 cm³/mol. The van der Waals surface area contributed by atoms with Gasteiger partial charge in [0.05, 0.1) is 0 Å². The molecule has 1 aromatic carbocycles. The number of aromatic nitrogens is 1. The van der Waals surface area contributed by atoms with Crippen LogP contribution in [0.15, 0.2) is 42.5 Å². The van der Waals surface area contributed by atoms with E-state index in [1.54, 1.807) is 6.92 Å². The third kappa shape index (κ3) is 5.45. The van der Waals surface area contributed by atoms with E-state index in [9.17, 15) is 9.59 Å². The van der Waals surface area contributed by atoms with Crippen molar-refractivity contribution in [3.8, 4) is 0 Å². The largest absolute Gasteiger partial charge is 0.343 e. The van der Waals surface area contributed by atoms with E-state index in [4.69, 9.17) is 16.6 Å². The number of amides is 2. The van der Waals surface area contributed by atoms with Crippen LogP contribution in [-0.4, -0.2) is 52.8 Å². The lowest BCUT2D eigenvalue weighted by molar-refractivity contribution is -0.141. The van der Waals surface area contributed by atoms with Gasteiger partial charge in [-0.15, -0.1) is 0 Å². The number of piperidine rings is 2. The van der Waals surface area contributed by atoms with E-state index >= 15 is 0 Å². The van der Waals surface area contributed by atoms with E-state index in [-0.39, 0.29) is 23.7 Å². The van der Waals surface area contributed by atoms with Gasteiger partial charge in [-0.1, -0.05) is 29.8 Å². The number of benzene rings is 1. The van der Waals surface area contributed by atoms with Gasteiger partial charge in [-0.25, -0.2) is 0 Å². The molecule has 164 valence electrons. The highest BCUT2D eigenvalue weighted by Gasteiger charge is 2.32. The molecule has 1 unspecified atom stereocenters. The third-order valence-electron chi connectivity index (χ3n) is 6.57. The minimum absolute atomic E-state index is 0.0403. The molecule has 2 aromatic rings. The fourth-order valence-corrected chi connectivity index (χ4v) is 4.88. The maximum atomic E-state index is 13.1. The summed E-state index contributed by atoms with van der Waals surface area (Å²) >= 11 is 5.99. The van der Waals surface area contributed by atoms with Crippen molar-refractivity contribution in [3.63, 3.8) is 0 Å². The number of likely N-dealkylation sites (tertiary alicyclic amines) is 2. The first kappa shape index (κ1) is 21.8. The van der Waals surface area contributed by atoms with Gasteiger partial charge in [0.2, 0.25) is 11.8 Å². The molecule has 0 spiro atoms. The highest BCUT2D eigenvalue weighted by molar-refractivity contribution is 6.30. The summed E-state index contributed by atoms with van der Waals surface area (Å²) in [7, 11) is 0. The Morgan fingerprint density at radius 1 is 1.00 bits per heavy atom. The molecule has 3 heterocycles. The molecule has 31 heavy (non-hydrogen) atoms. The Balaban J connectivity index is 1.38. The molecule has 2 saturated heterocycles. The normalized spacial score (nSPS) is 20.0. The molecule has 5 nitrogen and oxygen atoms in total. The van der Waals surface area contributed by atoms with Gasteiger partial charge < -0.3 is 9.80 Å². The number of halogens is 1. The summed E-state index contributed by atoms with van der Waals surface area (Å²) in [5.74, 6) is 0.678. The summed E-state index contributed by atoms with van der Waals surface area (Å²) in [5, 5.41) is 0.740. The zero-order valence-electron chi connectivity index (χ0n) is 18.1. The predicted octanol–water partition coefficient (Wildman–Crippen LogP) is 4.29. The Hall–Kier alpha value is -2.40. The number of carbonyl (C=O) groups is 2. The van der Waals surface area contributed by atoms with Crippen molar-refractivity contribution in [1.29, 1.82) is 0 Å². The second kappa shape index (κ2) is 9.82. The second-order valence-electron chi connectivity index (χ2n) is 8.76. The number of hydrogen-bond acceptors (Lipinski definition) is 3. The first-order chi connectivity index (χ1) is 15.0. The Kier molecular flexibility index (Phi) is 6.91. The molecule has 2 amide bonds. The molecule has 0 N–H and O–H groups in total. The smallest absolute Gasteiger partial charge is 0.225 e. The summed E-state index contributed by atoms with van der Waals surface area (Å²) in [4.78, 5) is 33.5. The van der Waals surface area contributed by atoms with Gasteiger partial charge in [0.25, 0.3) is 0 Å². The van der Waals surface area contributed by atoms with Crippen LogP contribution in [-0.2, 0) is 16.0 Å². The van der Waals surface area contributed by atoms with Crippen molar-refractivity contribution in [1.82, 2.24) is 14.8 Å². The van der Waals surface area contributed by atoms with Gasteiger partial charge in [-0.05, 0) is 55.5 Å². The lowest BCUT2D eigenvalue weighted by atomic mass is 9.90. The van der Waals surface area contributed by atoms with Crippen LogP contribution in [0, 0.1) is 5.92 Å². The first-order valence-corrected chi connectivity index (χ1v) is 11.6. The van der Waals surface area contributed by atoms with Crippen molar-refractivity contribution < 1.29 is 9.59 Å². The second-order valence-corrected chi connectivity index (χ2v) is 9.20. The Bertz CT molecular complexity index is 923. The average molecular weight is 440 g/mol. The van der Waals surface area contributed by atoms with Crippen LogP contribution < -0.4 is 0 Å². The molecule has 6 heteroatoms. The molecule has 1 aromatic heterocycles. The van der Waals surface area contributed by atoms with Gasteiger partial charge >= 0.3 is 0 Å². The fourth-order valence-electron chi connectivity index (χ4n) is 4.75. The molecule has 0 bridgehead atoms. The van der Waals surface area contributed by atoms with Crippen molar-refractivity contribution >= 4 is 23.4 Å². The lowest BCUT2D eigenvalue weighted by Gasteiger charge is -2.37. The molecular formula is C25H30ClN3O2. The van der Waals surface area contributed by atoms with Gasteiger partial charge in [0.15, 0.2) is 0 Å². The standard InChI is InChI=1S/C25H30ClN3O2/c1-18(30)28-14-11-20(12-15-28)25(31)29-13-3-4-21(17-29)24-6-2-5-23(27-24)16-19-7-9-22(26)10-8-19/h2,5-10,20-21H,3-4,11-17H2,1H3. The minimum atomic E-state index is 0.0403. The van der Waals surface area contributed by atoms with E-state index in [1.165, 1.54) is 5.56 Å². The molecule has 2 aliphatic rings. The van der Waals surface area contributed by atoms with Crippen molar-refractivity contribution in [2.75, 3.05) is 26.2 Å². The Labute approximate surface area is 189 Å². The van der Waals surface area contributed by atoms with Crippen LogP contribution >= 0.6 is 11.6 Å². The SMILES string of the molecule is CC(=O)N1CCC(C(=O)N2CCCC(c3cccc(Cc4ccc(Cl)cc4)n3)C2)CC1. The summed E-state index contributed by atoms with van der Waals surface area (Å²) in [6.07, 6.45) is 4.38. The third-order valence-corrected chi connectivity index (χ3v) is 6.82. The highest BCUT2D eigenvalue weighted by Crippen LogP contribution is 2.29. The van der Waals surface area contributed by atoms with Gasteiger partial charge in [-0.2, -0.15) is 0 Å². The van der Waals surface area contributed by atoms with Crippen LogP contribution in [0.3, 0.4) is 0 Å². The van der Waals surface area contributed by atoms with Gasteiger partial charge in [-0.3, -0.25) is 14.6 Å². The van der Waals surface area contributed by atoms with Crippen LogP contribution in [0.25, 0.3) is 0 Å². The minimum Gasteiger partial charge on any atom is -0.343 e. The quantitative estimate of drug-likeness (QED) is 0.714. The van der Waals surface area contributed by atoms with Gasteiger partial charge in [0.1, 0.15) is 0 Å². The van der Waals surface area contributed by atoms with Crippen molar-refractivity contribution in [2.45, 2.75) is 44.9 Å². The summed E-state index contributed by atoms with van der Waals surface area (Å²) in [6, 6.07) is 14.1. The number of rotatable bonds is 4. The first-order valence-electron chi connectivity index (χ1n) is 11.2. The molecule has 4 rings (SSSR count). The molecule has 0 radical (unpaired) electrons. The zero-order valence-corrected chi connectivity index (χ0v) is 18.9. The van der Waals surface area contributed by atoms with E-state index < -0.39 is 0 Å². The van der Waals surface area contributed by atoms with Crippen molar-refractivity contribution in [3.05, 3.63) is 64.4 Å². The zero-order chi connectivity index (χ0) is 21.8. The fraction of sp³-hybridized carbons (Fsp3) is 0.480. The summed E-state index contributed by atoms with van der Waals surface area (Å²) in [5.41, 5.74) is 3.31. The molecular weight excluding hydrogens is 410 g/mol. The van der Waals surface area contributed by atoms with Crippen LogP contribution in [0.1, 0.15) is 55.5 Å². The number of nitrogens with zero attached hydrogens (tertiary/aromatic N) is 3. The maximum absolute atomic E-state index is 13.1. The van der Waals surface area contributed by atoms with E-state index in [0.717, 1.165) is 61.6 Å². The van der Waals surface area contributed by atoms with E-state index in [0.29, 0.717) is 13.1 Å². The Morgan fingerprint density at radius 2 is 1.74 bits per heavy atom. The molecule has 1 atom stereocenters. The topological polar surface area (TPSA) is 53.5 Å². The summed E-state index contributed by atoms with van der Waals surface area (Å²) < 4.78 is 0. The number of hydrogen-bond donors (Lipinski definition) is 0. The molecule has 0 saturated carbocycles. The molecule has 0 aliphatic carbocycles. The van der Waals surface area contributed by atoms with E-state index in [1.807, 2.05) is 34.1 Å². The molecule has 2 fully saturated rings. The highest BCUT2D eigenvalue weighted by atomic mass is 35.5. The van der Waals surface area contributed by atoms with Crippen LogP contribution in [0.4, 0.5) is 0 Å². The number of carbonyl (C=O) groups excluding carboxylic acids is 2. The van der Waals surface area contributed by atoms with Crippen molar-refractivity contribution in [2.24, 2.45) is 5.92 Å². The average Bonchev–Trinajstić information content (AvgIpc) is 2.80. The molecule has 2 aliphatic heterocycles. The summed E-state index contributed by atoms with van der Waals surface area (Å²) in [6.45, 7) is 4.55. The van der Waals surface area contributed by atoms with Crippen LogP contribution in [0.5, 0.6) is 0 Å². The number of pyridine rings is 1. The van der Waals surface area contributed by atoms with Crippen LogP contribution in [0.2, 0.25) is 5.02 Å². The maximum Gasteiger partial charge on any atom is 0.225 e. The van der Waals surface area contributed by atoms with Gasteiger partial charge in [0, 0.05) is 67.8 Å². The monoisotopic (exact) mass is 439 g/mol. The van der Waals surface area contributed by atoms with E-state index in [2.05, 4.69) is 18.2 Å².